The maximum atomic E-state index is 13.6. The maximum absolute atomic E-state index is 13.6. The Hall–Kier alpha value is -4.26. The lowest BCUT2D eigenvalue weighted by molar-refractivity contribution is -0.131. The van der Waals surface area contributed by atoms with Crippen molar-refractivity contribution in [3.8, 4) is 6.07 Å². The molecule has 172 valence electrons. The molecule has 8 nitrogen and oxygen atoms in total. The number of benzene rings is 1. The molecule has 34 heavy (non-hydrogen) atoms. The first kappa shape index (κ1) is 22.9. The molecule has 0 bridgehead atoms. The maximum Gasteiger partial charge on any atom is 0.268 e. The van der Waals surface area contributed by atoms with Crippen LogP contribution in [0.25, 0.3) is 17.0 Å². The fourth-order valence-electron chi connectivity index (χ4n) is 3.77. The van der Waals surface area contributed by atoms with E-state index < -0.39 is 43.3 Å². The van der Waals surface area contributed by atoms with E-state index in [1.54, 1.807) is 36.4 Å². The van der Waals surface area contributed by atoms with Gasteiger partial charge in [0, 0.05) is 30.6 Å². The Morgan fingerprint density at radius 3 is 2.85 bits per heavy atom. The number of dihydropyridines is 1. The highest BCUT2D eigenvalue weighted by molar-refractivity contribution is 6.07. The van der Waals surface area contributed by atoms with Crippen LogP contribution in [-0.2, 0) is 9.59 Å². The predicted octanol–water partition coefficient (Wildman–Crippen LogP) is 2.67. The van der Waals surface area contributed by atoms with Crippen molar-refractivity contribution in [2.75, 3.05) is 13.1 Å². The van der Waals surface area contributed by atoms with Gasteiger partial charge in [0.15, 0.2) is 0 Å². The zero-order valence-electron chi connectivity index (χ0n) is 17.9. The summed E-state index contributed by atoms with van der Waals surface area (Å²) in [6.45, 7) is -1.36. The van der Waals surface area contributed by atoms with E-state index in [2.05, 4.69) is 15.3 Å². The average Bonchev–Trinajstić information content (AvgIpc) is 3.16. The summed E-state index contributed by atoms with van der Waals surface area (Å²) in [5, 5.41) is 12.1. The number of fused-ring (bicyclic) bond motifs is 1. The van der Waals surface area contributed by atoms with Gasteiger partial charge in [0.05, 0.1) is 30.2 Å². The fraction of sp³-hybridized carbons (Fsp3) is 0.250. The molecule has 0 aliphatic carbocycles. The van der Waals surface area contributed by atoms with Crippen molar-refractivity contribution in [2.45, 2.75) is 24.8 Å². The summed E-state index contributed by atoms with van der Waals surface area (Å²) in [5.74, 6) is -4.65. The lowest BCUT2D eigenvalue weighted by atomic mass is 10.0. The Morgan fingerprint density at radius 2 is 2.12 bits per heavy atom. The van der Waals surface area contributed by atoms with Gasteiger partial charge in [0.25, 0.3) is 11.8 Å². The molecule has 2 aliphatic heterocycles. The SMILES string of the molecule is N#CC1CC(F)(F)CN1C(=O)CNC(=O)c1ccnc2ccc(C=CC3=CCC(=O)N=C3)cc12. The molecule has 1 atom stereocenters. The van der Waals surface area contributed by atoms with Crippen LogP contribution in [0.3, 0.4) is 0 Å². The lowest BCUT2D eigenvalue weighted by Crippen LogP contribution is -2.43. The normalized spacial score (nSPS) is 19.3. The van der Waals surface area contributed by atoms with Crippen molar-refractivity contribution in [2.24, 2.45) is 4.99 Å². The second kappa shape index (κ2) is 9.31. The number of nitrogens with zero attached hydrogens (tertiary/aromatic N) is 4. The molecule has 2 aromatic rings. The molecule has 10 heteroatoms. The van der Waals surface area contributed by atoms with Crippen molar-refractivity contribution in [3.05, 3.63) is 59.3 Å². The monoisotopic (exact) mass is 463 g/mol. The molecule has 1 unspecified atom stereocenters. The van der Waals surface area contributed by atoms with Gasteiger partial charge in [-0.3, -0.25) is 19.4 Å². The van der Waals surface area contributed by atoms with Crippen LogP contribution >= 0.6 is 0 Å². The van der Waals surface area contributed by atoms with Gasteiger partial charge in [0.2, 0.25) is 11.8 Å². The Kier molecular flexibility index (Phi) is 6.27. The molecule has 2 aliphatic rings. The number of alkyl halides is 2. The van der Waals surface area contributed by atoms with Crippen LogP contribution in [0.1, 0.15) is 28.8 Å². The van der Waals surface area contributed by atoms with Crippen LogP contribution in [0.2, 0.25) is 0 Å². The number of aromatic nitrogens is 1. The number of carbonyl (C=O) groups excluding carboxylic acids is 3. The molecule has 0 saturated carbocycles. The molecule has 0 radical (unpaired) electrons. The van der Waals surface area contributed by atoms with Crippen LogP contribution in [0.4, 0.5) is 8.78 Å². The second-order valence-corrected chi connectivity index (χ2v) is 7.94. The van der Waals surface area contributed by atoms with Gasteiger partial charge in [-0.25, -0.2) is 13.8 Å². The first-order chi connectivity index (χ1) is 16.3. The van der Waals surface area contributed by atoms with Crippen molar-refractivity contribution >= 4 is 40.9 Å². The van der Waals surface area contributed by atoms with Crippen LogP contribution in [0.5, 0.6) is 0 Å². The zero-order chi connectivity index (χ0) is 24.3. The molecule has 4 rings (SSSR count). The summed E-state index contributed by atoms with van der Waals surface area (Å²) in [6.07, 6.45) is 7.83. The molecule has 1 aromatic carbocycles. The van der Waals surface area contributed by atoms with Gasteiger partial charge in [-0.1, -0.05) is 24.3 Å². The van der Waals surface area contributed by atoms with Crippen molar-refractivity contribution < 1.29 is 23.2 Å². The van der Waals surface area contributed by atoms with Gasteiger partial charge >= 0.3 is 0 Å². The summed E-state index contributed by atoms with van der Waals surface area (Å²) in [6, 6.07) is 7.30. The molecule has 1 saturated heterocycles. The minimum Gasteiger partial charge on any atom is -0.343 e. The number of likely N-dealkylation sites (tertiary alicyclic amines) is 1. The summed E-state index contributed by atoms with van der Waals surface area (Å²) in [4.78, 5) is 45.2. The smallest absolute Gasteiger partial charge is 0.268 e. The summed E-state index contributed by atoms with van der Waals surface area (Å²) < 4.78 is 27.2. The number of nitrogens with one attached hydrogen (secondary N) is 1. The van der Waals surface area contributed by atoms with Crippen molar-refractivity contribution in [1.29, 1.82) is 5.26 Å². The Balaban J connectivity index is 1.49. The number of nitriles is 1. The molecule has 3 amide bonds. The van der Waals surface area contributed by atoms with Crippen LogP contribution in [0, 0.1) is 11.3 Å². The van der Waals surface area contributed by atoms with Crippen molar-refractivity contribution in [3.63, 3.8) is 0 Å². The highest BCUT2D eigenvalue weighted by Crippen LogP contribution is 2.31. The van der Waals surface area contributed by atoms with Crippen LogP contribution in [-0.4, -0.2) is 58.9 Å². The number of pyridine rings is 1. The van der Waals surface area contributed by atoms with Gasteiger partial charge in [-0.2, -0.15) is 5.26 Å². The highest BCUT2D eigenvalue weighted by atomic mass is 19.3. The third kappa shape index (κ3) is 5.04. The summed E-state index contributed by atoms with van der Waals surface area (Å²) in [7, 11) is 0. The minimum atomic E-state index is -3.12. The quantitative estimate of drug-likeness (QED) is 0.732. The first-order valence-electron chi connectivity index (χ1n) is 10.4. The number of hydrogen-bond acceptors (Lipinski definition) is 5. The molecule has 1 N–H and O–H groups in total. The van der Waals surface area contributed by atoms with Crippen molar-refractivity contribution in [1.82, 2.24) is 15.2 Å². The minimum absolute atomic E-state index is 0.204. The average molecular weight is 463 g/mol. The lowest BCUT2D eigenvalue weighted by Gasteiger charge is -2.19. The second-order valence-electron chi connectivity index (χ2n) is 7.94. The largest absolute Gasteiger partial charge is 0.343 e. The van der Waals surface area contributed by atoms with E-state index in [-0.39, 0.29) is 17.9 Å². The number of carbonyl (C=O) groups is 3. The highest BCUT2D eigenvalue weighted by Gasteiger charge is 2.47. The Bertz CT molecular complexity index is 1310. The van der Waals surface area contributed by atoms with Gasteiger partial charge in [-0.15, -0.1) is 0 Å². The van der Waals surface area contributed by atoms with E-state index in [1.165, 1.54) is 18.5 Å². The molecule has 1 aromatic heterocycles. The fourth-order valence-corrected chi connectivity index (χ4v) is 3.77. The van der Waals surface area contributed by atoms with E-state index in [0.29, 0.717) is 10.9 Å². The third-order valence-electron chi connectivity index (χ3n) is 5.49. The van der Waals surface area contributed by atoms with Crippen LogP contribution in [0.15, 0.2) is 53.2 Å². The Morgan fingerprint density at radius 1 is 1.29 bits per heavy atom. The van der Waals surface area contributed by atoms with E-state index in [4.69, 9.17) is 5.26 Å². The number of allylic oxidation sites excluding steroid dienone is 2. The van der Waals surface area contributed by atoms with E-state index in [0.717, 1.165) is 16.0 Å². The van der Waals surface area contributed by atoms with Gasteiger partial charge in [0.1, 0.15) is 6.04 Å². The molecule has 1 fully saturated rings. The van der Waals surface area contributed by atoms with E-state index in [1.807, 2.05) is 6.07 Å². The number of aliphatic imine (C=N–C) groups is 1. The topological polar surface area (TPSA) is 116 Å². The molecular formula is C24H19F2N5O3. The predicted molar refractivity (Wildman–Crippen MR) is 120 cm³/mol. The molecule has 0 spiro atoms. The van der Waals surface area contributed by atoms with E-state index >= 15 is 0 Å². The van der Waals surface area contributed by atoms with Crippen LogP contribution < -0.4 is 5.32 Å². The molecule has 3 heterocycles. The standard InChI is InChI=1S/C24H19F2N5O3/c25-24(26)10-17(11-27)31(14-24)22(33)13-30-23(34)18-7-8-28-20-5-3-15(9-19(18)20)1-2-16-4-6-21(32)29-12-16/h1-5,7-9,12,17H,6,10,13-14H2,(H,30,34). The number of amides is 3. The summed E-state index contributed by atoms with van der Waals surface area (Å²) in [5.41, 5.74) is 2.38. The van der Waals surface area contributed by atoms with Gasteiger partial charge < -0.3 is 10.2 Å². The zero-order valence-corrected chi connectivity index (χ0v) is 17.9. The Labute approximate surface area is 193 Å². The molecular weight excluding hydrogens is 444 g/mol. The van der Waals surface area contributed by atoms with Gasteiger partial charge in [-0.05, 0) is 29.3 Å². The first-order valence-corrected chi connectivity index (χ1v) is 10.4. The van der Waals surface area contributed by atoms with E-state index in [9.17, 15) is 23.2 Å². The number of halogens is 2. The number of rotatable bonds is 5. The third-order valence-corrected chi connectivity index (χ3v) is 5.49. The number of hydrogen-bond donors (Lipinski definition) is 1. The summed E-state index contributed by atoms with van der Waals surface area (Å²) >= 11 is 0.